The van der Waals surface area contributed by atoms with Crippen LogP contribution in [0.25, 0.3) is 77.6 Å². The van der Waals surface area contributed by atoms with Crippen LogP contribution in [0.2, 0.25) is 0 Å². The van der Waals surface area contributed by atoms with Crippen LogP contribution >= 0.6 is 0 Å². The molecule has 5 heteroatoms. The summed E-state index contributed by atoms with van der Waals surface area (Å²) in [5.41, 5.74) is 14.1. The predicted molar refractivity (Wildman–Crippen MR) is 243 cm³/mol. The highest BCUT2D eigenvalue weighted by atomic mass is 15.1. The van der Waals surface area contributed by atoms with Crippen molar-refractivity contribution in [3.63, 3.8) is 0 Å². The van der Waals surface area contributed by atoms with E-state index in [1.807, 2.05) is 24.5 Å². The molecule has 2 aromatic heterocycles. The zero-order valence-electron chi connectivity index (χ0n) is 32.1. The minimum atomic E-state index is -0.209. The van der Waals surface area contributed by atoms with E-state index < -0.39 is 0 Å². The van der Waals surface area contributed by atoms with Gasteiger partial charge in [-0.25, -0.2) is 4.98 Å². The molecule has 0 saturated heterocycles. The van der Waals surface area contributed by atoms with Gasteiger partial charge in [-0.3, -0.25) is 14.5 Å². The van der Waals surface area contributed by atoms with Crippen molar-refractivity contribution in [1.29, 1.82) is 0 Å². The Balaban J connectivity index is 0.938. The molecule has 1 N–H and O–H groups in total. The third-order valence-corrected chi connectivity index (χ3v) is 11.4. The van der Waals surface area contributed by atoms with Crippen molar-refractivity contribution in [2.75, 3.05) is 0 Å². The van der Waals surface area contributed by atoms with Crippen molar-refractivity contribution in [2.24, 2.45) is 4.99 Å². The van der Waals surface area contributed by atoms with Gasteiger partial charge in [-0.15, -0.1) is 0 Å². The number of aromatic nitrogens is 3. The number of para-hydroxylation sites is 1. The summed E-state index contributed by atoms with van der Waals surface area (Å²) in [5.74, 6) is 0.894. The Morgan fingerprint density at radius 2 is 0.966 bits per heavy atom. The minimum Gasteiger partial charge on any atom is -0.360 e. The zero-order valence-corrected chi connectivity index (χ0v) is 32.1. The van der Waals surface area contributed by atoms with Gasteiger partial charge < -0.3 is 5.32 Å². The lowest BCUT2D eigenvalue weighted by atomic mass is 9.98. The molecule has 0 amide bonds. The second-order valence-corrected chi connectivity index (χ2v) is 14.9. The zero-order chi connectivity index (χ0) is 39.1. The van der Waals surface area contributed by atoms with Crippen LogP contribution in [-0.4, -0.2) is 20.2 Å². The molecule has 8 aromatic carbocycles. The van der Waals surface area contributed by atoms with Crippen molar-refractivity contribution in [1.82, 2.24) is 19.9 Å². The Kier molecular flexibility index (Phi) is 8.48. The smallest absolute Gasteiger partial charge is 0.145 e. The molecule has 1 unspecified atom stereocenters. The van der Waals surface area contributed by atoms with Crippen LogP contribution in [0.1, 0.15) is 22.9 Å². The van der Waals surface area contributed by atoms with E-state index in [0.717, 1.165) is 78.1 Å². The fourth-order valence-corrected chi connectivity index (χ4v) is 8.39. The van der Waals surface area contributed by atoms with E-state index in [0.29, 0.717) is 0 Å². The van der Waals surface area contributed by atoms with Crippen molar-refractivity contribution in [3.8, 4) is 39.3 Å². The first-order valence-corrected chi connectivity index (χ1v) is 20.0. The SMILES string of the molecule is C1=C(c2ccc(-c3ccc(-c4nc5c6ccccc6c6ccncc6c5n4-c4ccccc4)cc3)cc2)NC(c2ccccc2)N=C1c1ccc(-c2ccccc2)cc1. The van der Waals surface area contributed by atoms with Crippen LogP contribution in [0.15, 0.2) is 218 Å². The van der Waals surface area contributed by atoms with Crippen LogP contribution in [0.4, 0.5) is 0 Å². The topological polar surface area (TPSA) is 55.1 Å². The third-order valence-electron chi connectivity index (χ3n) is 11.4. The molecule has 59 heavy (non-hydrogen) atoms. The molecule has 10 aromatic rings. The lowest BCUT2D eigenvalue weighted by Gasteiger charge is -2.25. The van der Waals surface area contributed by atoms with Gasteiger partial charge in [0.1, 0.15) is 12.0 Å². The van der Waals surface area contributed by atoms with Gasteiger partial charge in [-0.05, 0) is 74.0 Å². The van der Waals surface area contributed by atoms with Gasteiger partial charge in [-0.1, -0.05) is 176 Å². The average Bonchev–Trinajstić information content (AvgIpc) is 3.74. The summed E-state index contributed by atoms with van der Waals surface area (Å²) in [6, 6.07) is 68.4. The number of imidazole rings is 1. The number of allylic oxidation sites excluding steroid dienone is 1. The molecule has 0 bridgehead atoms. The highest BCUT2D eigenvalue weighted by Gasteiger charge is 2.22. The summed E-state index contributed by atoms with van der Waals surface area (Å²) in [6.07, 6.45) is 5.80. The standard InChI is InChI=1S/C54H37N5/c1-4-12-36(13-5-1)37-20-26-40(27-21-37)49-34-50(57-53(56-49)42-14-6-2-7-15-42)41-28-22-38(23-29-41)39-24-30-43(31-25-39)54-58-51-47-19-11-10-18-45(47)46-32-33-55-35-48(46)52(51)59(54)44-16-8-3-9-17-44/h1-35,53,57H. The van der Waals surface area contributed by atoms with E-state index in [4.69, 9.17) is 9.98 Å². The molecule has 1 aliphatic heterocycles. The summed E-state index contributed by atoms with van der Waals surface area (Å²) in [5, 5.41) is 8.28. The van der Waals surface area contributed by atoms with Crippen LogP contribution in [0.5, 0.6) is 0 Å². The van der Waals surface area contributed by atoms with Crippen LogP contribution in [-0.2, 0) is 0 Å². The number of benzene rings is 8. The monoisotopic (exact) mass is 755 g/mol. The highest BCUT2D eigenvalue weighted by molar-refractivity contribution is 6.24. The minimum absolute atomic E-state index is 0.209. The number of rotatable bonds is 7. The summed E-state index contributed by atoms with van der Waals surface area (Å²) in [4.78, 5) is 15.1. The van der Waals surface area contributed by atoms with Gasteiger partial charge in [0.25, 0.3) is 0 Å². The van der Waals surface area contributed by atoms with Gasteiger partial charge in [0.2, 0.25) is 0 Å². The number of fused-ring (bicyclic) bond motifs is 6. The van der Waals surface area contributed by atoms with E-state index in [1.54, 1.807) is 0 Å². The maximum absolute atomic E-state index is 5.39. The lowest BCUT2D eigenvalue weighted by Crippen LogP contribution is -2.24. The molecular formula is C54H37N5. The highest BCUT2D eigenvalue weighted by Crippen LogP contribution is 2.39. The van der Waals surface area contributed by atoms with Crippen LogP contribution < -0.4 is 5.32 Å². The van der Waals surface area contributed by atoms with Crippen molar-refractivity contribution in [3.05, 3.63) is 229 Å². The number of nitrogens with zero attached hydrogens (tertiary/aromatic N) is 4. The van der Waals surface area contributed by atoms with Crippen LogP contribution in [0.3, 0.4) is 0 Å². The molecule has 11 rings (SSSR count). The molecule has 0 saturated carbocycles. The maximum Gasteiger partial charge on any atom is 0.145 e. The fourth-order valence-electron chi connectivity index (χ4n) is 8.39. The number of aliphatic imine (C=N–C) groups is 1. The van der Waals surface area contributed by atoms with Gasteiger partial charge in [0, 0.05) is 40.1 Å². The second-order valence-electron chi connectivity index (χ2n) is 14.9. The Hall–Kier alpha value is -7.89. The molecule has 0 spiro atoms. The Morgan fingerprint density at radius 3 is 1.64 bits per heavy atom. The van der Waals surface area contributed by atoms with E-state index in [-0.39, 0.29) is 6.17 Å². The van der Waals surface area contributed by atoms with Gasteiger partial charge in [0.15, 0.2) is 0 Å². The Labute approximate surface area is 342 Å². The fraction of sp³-hybridized carbons (Fsp3) is 0.0185. The molecule has 1 atom stereocenters. The molecular weight excluding hydrogens is 719 g/mol. The predicted octanol–water partition coefficient (Wildman–Crippen LogP) is 12.9. The van der Waals surface area contributed by atoms with Crippen LogP contribution in [0, 0.1) is 0 Å². The molecule has 0 aliphatic carbocycles. The first-order chi connectivity index (χ1) is 29.2. The third kappa shape index (κ3) is 6.26. The summed E-state index contributed by atoms with van der Waals surface area (Å²) < 4.78 is 2.29. The number of pyridine rings is 1. The summed E-state index contributed by atoms with van der Waals surface area (Å²) in [6.45, 7) is 0. The molecule has 278 valence electrons. The Bertz CT molecular complexity index is 3190. The Morgan fingerprint density at radius 1 is 0.441 bits per heavy atom. The number of hydrogen-bond acceptors (Lipinski definition) is 4. The van der Waals surface area contributed by atoms with Gasteiger partial charge in [0.05, 0.1) is 16.7 Å². The lowest BCUT2D eigenvalue weighted by molar-refractivity contribution is 0.664. The van der Waals surface area contributed by atoms with E-state index in [1.165, 1.54) is 21.9 Å². The molecule has 1 aliphatic rings. The van der Waals surface area contributed by atoms with E-state index in [2.05, 4.69) is 203 Å². The van der Waals surface area contributed by atoms with E-state index in [9.17, 15) is 0 Å². The number of nitrogens with one attached hydrogen (secondary N) is 1. The summed E-state index contributed by atoms with van der Waals surface area (Å²) in [7, 11) is 0. The first kappa shape index (κ1) is 34.4. The van der Waals surface area contributed by atoms with E-state index >= 15 is 0 Å². The van der Waals surface area contributed by atoms with Gasteiger partial charge >= 0.3 is 0 Å². The molecule has 5 nitrogen and oxygen atoms in total. The normalized spacial score (nSPS) is 13.9. The summed E-state index contributed by atoms with van der Waals surface area (Å²) >= 11 is 0. The second kappa shape index (κ2) is 14.6. The average molecular weight is 756 g/mol. The first-order valence-electron chi connectivity index (χ1n) is 20.0. The van der Waals surface area contributed by atoms with Crippen molar-refractivity contribution < 1.29 is 0 Å². The van der Waals surface area contributed by atoms with Crippen molar-refractivity contribution in [2.45, 2.75) is 6.17 Å². The molecule has 3 heterocycles. The molecule has 0 radical (unpaired) electrons. The number of hydrogen-bond donors (Lipinski definition) is 1. The van der Waals surface area contributed by atoms with Gasteiger partial charge in [-0.2, -0.15) is 0 Å². The largest absolute Gasteiger partial charge is 0.360 e. The quantitative estimate of drug-likeness (QED) is 0.165. The maximum atomic E-state index is 5.39. The molecule has 0 fully saturated rings. The van der Waals surface area contributed by atoms with Crippen molar-refractivity contribution >= 4 is 44.0 Å².